The first-order valence-electron chi connectivity index (χ1n) is 10.8. The Labute approximate surface area is 194 Å². The highest BCUT2D eigenvalue weighted by molar-refractivity contribution is 6.23. The summed E-state index contributed by atoms with van der Waals surface area (Å²) in [6, 6.07) is 14.2. The van der Waals surface area contributed by atoms with Crippen molar-refractivity contribution in [2.24, 2.45) is 0 Å². The fourth-order valence-electron chi connectivity index (χ4n) is 4.66. The minimum Gasteiger partial charge on any atom is -0.383 e. The molecule has 2 aliphatic rings. The van der Waals surface area contributed by atoms with Crippen molar-refractivity contribution in [1.29, 1.82) is 0 Å². The lowest BCUT2D eigenvalue weighted by Crippen LogP contribution is -2.38. The highest BCUT2D eigenvalue weighted by Gasteiger charge is 2.42. The van der Waals surface area contributed by atoms with Crippen molar-refractivity contribution >= 4 is 28.9 Å². The van der Waals surface area contributed by atoms with E-state index in [1.54, 1.807) is 36.4 Å². The van der Waals surface area contributed by atoms with E-state index in [2.05, 4.69) is 15.6 Å². The lowest BCUT2D eigenvalue weighted by molar-refractivity contribution is -0.114. The van der Waals surface area contributed by atoms with Gasteiger partial charge in [0, 0.05) is 42.3 Å². The fourth-order valence-corrected chi connectivity index (χ4v) is 4.66. The number of aromatic nitrogens is 2. The number of hydrogen-bond donors (Lipinski definition) is 3. The highest BCUT2D eigenvalue weighted by atomic mass is 16.5. The Bertz CT molecular complexity index is 1480. The molecule has 9 nitrogen and oxygen atoms in total. The van der Waals surface area contributed by atoms with Crippen LogP contribution >= 0.6 is 0 Å². The third-order valence-corrected chi connectivity index (χ3v) is 6.09. The summed E-state index contributed by atoms with van der Waals surface area (Å²) in [5.41, 5.74) is 2.73. The molecule has 0 bridgehead atoms. The maximum Gasteiger partial charge on any atom is 0.330 e. The van der Waals surface area contributed by atoms with Gasteiger partial charge in [-0.1, -0.05) is 36.4 Å². The number of Topliss-reactive ketones (excluding diaryl/α,β-unsaturated/α-hetero) is 1. The van der Waals surface area contributed by atoms with Crippen molar-refractivity contribution in [3.8, 4) is 0 Å². The smallest absolute Gasteiger partial charge is 0.330 e. The zero-order valence-corrected chi connectivity index (χ0v) is 18.6. The normalized spacial score (nSPS) is 15.9. The summed E-state index contributed by atoms with van der Waals surface area (Å²) < 4.78 is 6.58. The number of fused-ring (bicyclic) bond motifs is 3. The molecule has 1 aliphatic heterocycles. The van der Waals surface area contributed by atoms with Gasteiger partial charge in [0.25, 0.3) is 5.56 Å². The van der Waals surface area contributed by atoms with Gasteiger partial charge in [0.15, 0.2) is 5.78 Å². The summed E-state index contributed by atoms with van der Waals surface area (Å²) in [5.74, 6) is -0.751. The maximum atomic E-state index is 13.5. The van der Waals surface area contributed by atoms with Gasteiger partial charge >= 0.3 is 5.69 Å². The number of carbonyl (C=O) groups excluding carboxylic acids is 2. The van der Waals surface area contributed by atoms with Crippen LogP contribution in [0.2, 0.25) is 0 Å². The molecular weight excluding hydrogens is 436 g/mol. The van der Waals surface area contributed by atoms with Crippen LogP contribution in [0.4, 0.5) is 11.5 Å². The Morgan fingerprint density at radius 2 is 1.76 bits per heavy atom. The monoisotopic (exact) mass is 458 g/mol. The number of allylic oxidation sites excluding steroid dienone is 1. The molecule has 1 amide bonds. The average molecular weight is 458 g/mol. The van der Waals surface area contributed by atoms with Crippen molar-refractivity contribution in [3.05, 3.63) is 97.2 Å². The maximum absolute atomic E-state index is 13.5. The summed E-state index contributed by atoms with van der Waals surface area (Å²) in [7, 11) is 1.53. The van der Waals surface area contributed by atoms with Gasteiger partial charge in [-0.3, -0.25) is 23.9 Å². The number of aromatic amines is 1. The van der Waals surface area contributed by atoms with Crippen LogP contribution < -0.4 is 21.9 Å². The molecule has 0 saturated heterocycles. The van der Waals surface area contributed by atoms with E-state index in [1.165, 1.54) is 18.6 Å². The molecule has 9 heteroatoms. The number of nitrogens with zero attached hydrogens (tertiary/aromatic N) is 1. The molecule has 0 saturated carbocycles. The lowest BCUT2D eigenvalue weighted by Gasteiger charge is -2.29. The second-order valence-corrected chi connectivity index (χ2v) is 8.19. The van der Waals surface area contributed by atoms with E-state index in [4.69, 9.17) is 4.74 Å². The number of anilines is 2. The lowest BCUT2D eigenvalue weighted by atomic mass is 9.81. The number of benzene rings is 2. The molecule has 5 rings (SSSR count). The van der Waals surface area contributed by atoms with Crippen LogP contribution in [-0.4, -0.2) is 35.0 Å². The SMILES string of the molecule is COCCn1c2c(c(=O)[nH]c1=O)[C@@H](c1ccc(NC(C)=O)cc1)C1=C(N2)c2ccccc2C1=O. The van der Waals surface area contributed by atoms with Crippen LogP contribution in [0, 0.1) is 0 Å². The third kappa shape index (κ3) is 3.37. The first-order chi connectivity index (χ1) is 16.4. The summed E-state index contributed by atoms with van der Waals surface area (Å²) in [6.45, 7) is 1.90. The largest absolute Gasteiger partial charge is 0.383 e. The van der Waals surface area contributed by atoms with Gasteiger partial charge in [0.05, 0.1) is 24.4 Å². The predicted octanol–water partition coefficient (Wildman–Crippen LogP) is 2.31. The molecule has 2 heterocycles. The Kier molecular flexibility index (Phi) is 5.25. The van der Waals surface area contributed by atoms with Crippen LogP contribution in [0.15, 0.2) is 63.7 Å². The van der Waals surface area contributed by atoms with Crippen molar-refractivity contribution in [1.82, 2.24) is 9.55 Å². The Hall–Kier alpha value is -4.24. The van der Waals surface area contributed by atoms with Crippen molar-refractivity contribution in [3.63, 3.8) is 0 Å². The van der Waals surface area contributed by atoms with Crippen molar-refractivity contribution < 1.29 is 14.3 Å². The van der Waals surface area contributed by atoms with Crippen molar-refractivity contribution in [2.75, 3.05) is 24.4 Å². The van der Waals surface area contributed by atoms with E-state index in [-0.39, 0.29) is 30.4 Å². The molecule has 0 spiro atoms. The molecule has 3 N–H and O–H groups in total. The van der Waals surface area contributed by atoms with E-state index in [0.717, 1.165) is 5.56 Å². The molecule has 3 aromatic rings. The minimum absolute atomic E-state index is 0.172. The van der Waals surface area contributed by atoms with Crippen LogP contribution in [-0.2, 0) is 16.1 Å². The van der Waals surface area contributed by atoms with Crippen LogP contribution in [0.25, 0.3) is 5.70 Å². The number of carbonyl (C=O) groups is 2. The van der Waals surface area contributed by atoms with E-state index in [1.807, 2.05) is 12.1 Å². The van der Waals surface area contributed by atoms with Gasteiger partial charge in [0.1, 0.15) is 5.82 Å². The zero-order valence-electron chi connectivity index (χ0n) is 18.6. The second-order valence-electron chi connectivity index (χ2n) is 8.19. The number of rotatable bonds is 5. The van der Waals surface area contributed by atoms with Crippen LogP contribution in [0.3, 0.4) is 0 Å². The third-order valence-electron chi connectivity index (χ3n) is 6.09. The summed E-state index contributed by atoms with van der Waals surface area (Å²) in [6.07, 6.45) is 0. The number of ether oxygens (including phenoxy) is 1. The molecule has 0 fully saturated rings. The topological polar surface area (TPSA) is 122 Å². The Balaban J connectivity index is 1.75. The van der Waals surface area contributed by atoms with Crippen LogP contribution in [0.5, 0.6) is 0 Å². The van der Waals surface area contributed by atoms with Gasteiger partial charge in [-0.05, 0) is 17.7 Å². The fraction of sp³-hybridized carbons (Fsp3) is 0.200. The van der Waals surface area contributed by atoms with Gasteiger partial charge in [-0.15, -0.1) is 0 Å². The van der Waals surface area contributed by atoms with Gasteiger partial charge < -0.3 is 15.4 Å². The molecular formula is C25H22N4O5. The zero-order chi connectivity index (χ0) is 24.0. The Morgan fingerprint density at radius 1 is 1.06 bits per heavy atom. The Morgan fingerprint density at radius 3 is 2.44 bits per heavy atom. The number of nitrogens with one attached hydrogen (secondary N) is 3. The standard InChI is InChI=1S/C25H22N4O5/c1-13(30)26-15-9-7-14(8-10-15)18-19-21(16-5-3-4-6-17(16)22(19)31)27-23-20(18)24(32)28-25(33)29(23)11-12-34-2/h3-10,18,27H,11-12H2,1-2H3,(H,26,30)(H,28,32,33)/t18-/m0/s1. The second kappa shape index (κ2) is 8.27. The number of H-pyrrole nitrogens is 1. The van der Waals surface area contributed by atoms with Gasteiger partial charge in [-0.2, -0.15) is 0 Å². The van der Waals surface area contributed by atoms with E-state index < -0.39 is 17.2 Å². The molecule has 1 atom stereocenters. The average Bonchev–Trinajstić information content (AvgIpc) is 3.10. The number of methoxy groups -OCH3 is 1. The van der Waals surface area contributed by atoms with E-state index in [9.17, 15) is 19.2 Å². The van der Waals surface area contributed by atoms with Gasteiger partial charge in [-0.25, -0.2) is 4.79 Å². The molecule has 34 heavy (non-hydrogen) atoms. The molecule has 172 valence electrons. The van der Waals surface area contributed by atoms with E-state index in [0.29, 0.717) is 33.9 Å². The molecule has 2 aromatic carbocycles. The number of hydrogen-bond acceptors (Lipinski definition) is 6. The van der Waals surface area contributed by atoms with Gasteiger partial charge in [0.2, 0.25) is 5.91 Å². The number of amides is 1. The quantitative estimate of drug-likeness (QED) is 0.539. The molecule has 1 aliphatic carbocycles. The summed E-state index contributed by atoms with van der Waals surface area (Å²) in [4.78, 5) is 53.2. The van der Waals surface area contributed by atoms with Crippen molar-refractivity contribution in [2.45, 2.75) is 19.4 Å². The summed E-state index contributed by atoms with van der Waals surface area (Å²) in [5, 5.41) is 5.95. The van der Waals surface area contributed by atoms with Crippen LogP contribution in [0.1, 0.15) is 39.9 Å². The molecule has 1 aromatic heterocycles. The predicted molar refractivity (Wildman–Crippen MR) is 127 cm³/mol. The molecule has 0 unspecified atom stereocenters. The summed E-state index contributed by atoms with van der Waals surface area (Å²) >= 11 is 0. The minimum atomic E-state index is -0.712. The number of ketones is 1. The first-order valence-corrected chi connectivity index (χ1v) is 10.8. The highest BCUT2D eigenvalue weighted by Crippen LogP contribution is 2.47. The molecule has 0 radical (unpaired) electrons. The van der Waals surface area contributed by atoms with E-state index >= 15 is 0 Å². The first kappa shape index (κ1) is 21.6.